The van der Waals surface area contributed by atoms with Gasteiger partial charge in [-0.25, -0.2) is 0 Å². The van der Waals surface area contributed by atoms with E-state index in [1.807, 2.05) is 6.92 Å². The predicted octanol–water partition coefficient (Wildman–Crippen LogP) is -0.0209. The Morgan fingerprint density at radius 3 is 2.33 bits per heavy atom. The Morgan fingerprint density at radius 1 is 1.42 bits per heavy atom. The van der Waals surface area contributed by atoms with E-state index in [9.17, 15) is 5.11 Å². The molecule has 0 aliphatic carbocycles. The minimum Gasteiger partial charge on any atom is -0.388 e. The van der Waals surface area contributed by atoms with Crippen molar-refractivity contribution in [2.75, 3.05) is 0 Å². The first-order chi connectivity index (χ1) is 5.60. The van der Waals surface area contributed by atoms with Gasteiger partial charge in [-0.3, -0.25) is 0 Å². The van der Waals surface area contributed by atoms with Crippen molar-refractivity contribution >= 4 is 0 Å². The Hall–Kier alpha value is -0.120. The van der Waals surface area contributed by atoms with Crippen molar-refractivity contribution < 1.29 is 5.11 Å². The molecule has 3 nitrogen and oxygen atoms in total. The smallest absolute Gasteiger partial charge is 0.0824 e. The standard InChI is InChI=1S/C9H18N2O/c1-6(10)9(12)4-7-2-3-8(5-9)11-7/h6-8,11-12H,2-5,10H2,1H3. The van der Waals surface area contributed by atoms with Crippen LogP contribution in [0.4, 0.5) is 0 Å². The minimum absolute atomic E-state index is 0.0947. The van der Waals surface area contributed by atoms with Crippen LogP contribution in [0.1, 0.15) is 32.6 Å². The molecule has 3 atom stereocenters. The monoisotopic (exact) mass is 170 g/mol. The summed E-state index contributed by atoms with van der Waals surface area (Å²) in [6.45, 7) is 1.91. The quantitative estimate of drug-likeness (QED) is 0.518. The fraction of sp³-hybridized carbons (Fsp3) is 1.00. The van der Waals surface area contributed by atoms with E-state index in [2.05, 4.69) is 5.32 Å². The van der Waals surface area contributed by atoms with E-state index in [1.54, 1.807) is 0 Å². The molecule has 70 valence electrons. The van der Waals surface area contributed by atoms with E-state index in [-0.39, 0.29) is 6.04 Å². The van der Waals surface area contributed by atoms with Crippen LogP contribution in [0.5, 0.6) is 0 Å². The number of aliphatic hydroxyl groups is 1. The Bertz CT molecular complexity index is 169. The van der Waals surface area contributed by atoms with Gasteiger partial charge in [0, 0.05) is 18.1 Å². The van der Waals surface area contributed by atoms with Crippen molar-refractivity contribution in [2.45, 2.75) is 56.3 Å². The molecule has 12 heavy (non-hydrogen) atoms. The molecule has 2 aliphatic rings. The molecule has 0 radical (unpaired) electrons. The zero-order valence-electron chi connectivity index (χ0n) is 7.59. The number of fused-ring (bicyclic) bond motifs is 2. The molecule has 2 saturated heterocycles. The lowest BCUT2D eigenvalue weighted by atomic mass is 9.82. The molecule has 2 aliphatic heterocycles. The topological polar surface area (TPSA) is 58.3 Å². The second-order valence-corrected chi connectivity index (χ2v) is 4.44. The summed E-state index contributed by atoms with van der Waals surface area (Å²) in [7, 11) is 0. The van der Waals surface area contributed by atoms with Crippen LogP contribution in [0.25, 0.3) is 0 Å². The largest absolute Gasteiger partial charge is 0.388 e. The summed E-state index contributed by atoms with van der Waals surface area (Å²) in [5, 5.41) is 13.6. The van der Waals surface area contributed by atoms with E-state index in [4.69, 9.17) is 5.73 Å². The first kappa shape index (κ1) is 8.48. The molecule has 0 aromatic rings. The molecule has 0 aromatic carbocycles. The molecule has 0 saturated carbocycles. The molecule has 0 aromatic heterocycles. The van der Waals surface area contributed by atoms with E-state index in [0.29, 0.717) is 12.1 Å². The van der Waals surface area contributed by atoms with Crippen molar-refractivity contribution in [3.8, 4) is 0 Å². The van der Waals surface area contributed by atoms with E-state index >= 15 is 0 Å². The maximum Gasteiger partial charge on any atom is 0.0824 e. The fourth-order valence-electron chi connectivity index (χ4n) is 2.53. The van der Waals surface area contributed by atoms with Gasteiger partial charge in [-0.15, -0.1) is 0 Å². The maximum absolute atomic E-state index is 10.2. The molecule has 3 unspecified atom stereocenters. The molecule has 0 amide bonds. The van der Waals surface area contributed by atoms with Gasteiger partial charge in [0.2, 0.25) is 0 Å². The average molecular weight is 170 g/mol. The Kier molecular flexibility index (Phi) is 1.90. The molecule has 2 rings (SSSR count). The summed E-state index contributed by atoms with van der Waals surface area (Å²) < 4.78 is 0. The van der Waals surface area contributed by atoms with Crippen LogP contribution in [-0.4, -0.2) is 28.8 Å². The van der Waals surface area contributed by atoms with Gasteiger partial charge in [-0.1, -0.05) is 0 Å². The average Bonchev–Trinajstić information content (AvgIpc) is 2.30. The molecule has 0 spiro atoms. The second kappa shape index (κ2) is 2.69. The number of rotatable bonds is 1. The molecule has 3 heteroatoms. The van der Waals surface area contributed by atoms with E-state index in [0.717, 1.165) is 12.8 Å². The summed E-state index contributed by atoms with van der Waals surface area (Å²) in [6, 6.07) is 0.933. The van der Waals surface area contributed by atoms with Gasteiger partial charge in [0.05, 0.1) is 5.60 Å². The van der Waals surface area contributed by atoms with Crippen LogP contribution >= 0.6 is 0 Å². The van der Waals surface area contributed by atoms with Gasteiger partial charge in [0.25, 0.3) is 0 Å². The van der Waals surface area contributed by atoms with Gasteiger partial charge < -0.3 is 16.2 Å². The van der Waals surface area contributed by atoms with Gasteiger partial charge >= 0.3 is 0 Å². The molecular formula is C9H18N2O. The summed E-state index contributed by atoms with van der Waals surface area (Å²) in [5.74, 6) is 0. The lowest BCUT2D eigenvalue weighted by Gasteiger charge is -2.39. The fourth-order valence-corrected chi connectivity index (χ4v) is 2.53. The normalized spacial score (nSPS) is 49.2. The third-order valence-corrected chi connectivity index (χ3v) is 3.38. The number of hydrogen-bond acceptors (Lipinski definition) is 3. The van der Waals surface area contributed by atoms with Crippen LogP contribution in [-0.2, 0) is 0 Å². The lowest BCUT2D eigenvalue weighted by molar-refractivity contribution is -0.0241. The summed E-state index contributed by atoms with van der Waals surface area (Å²) in [4.78, 5) is 0. The first-order valence-corrected chi connectivity index (χ1v) is 4.84. The zero-order valence-corrected chi connectivity index (χ0v) is 7.59. The summed E-state index contributed by atoms with van der Waals surface area (Å²) in [5.41, 5.74) is 5.18. The van der Waals surface area contributed by atoms with Crippen LogP contribution in [0.15, 0.2) is 0 Å². The van der Waals surface area contributed by atoms with Crippen molar-refractivity contribution in [3.63, 3.8) is 0 Å². The number of nitrogens with one attached hydrogen (secondary N) is 1. The van der Waals surface area contributed by atoms with Gasteiger partial charge in [-0.2, -0.15) is 0 Å². The third kappa shape index (κ3) is 1.26. The van der Waals surface area contributed by atoms with Crippen molar-refractivity contribution in [2.24, 2.45) is 5.73 Å². The van der Waals surface area contributed by atoms with E-state index in [1.165, 1.54) is 12.8 Å². The number of nitrogens with two attached hydrogens (primary N) is 1. The molecular weight excluding hydrogens is 152 g/mol. The van der Waals surface area contributed by atoms with Crippen LogP contribution in [0.3, 0.4) is 0 Å². The van der Waals surface area contributed by atoms with Crippen molar-refractivity contribution in [1.82, 2.24) is 5.32 Å². The van der Waals surface area contributed by atoms with Crippen molar-refractivity contribution in [3.05, 3.63) is 0 Å². The summed E-state index contributed by atoms with van der Waals surface area (Å²) >= 11 is 0. The SMILES string of the molecule is CC(N)C1(O)CC2CCC(C1)N2. The van der Waals surface area contributed by atoms with Gasteiger partial charge in [0.1, 0.15) is 0 Å². The third-order valence-electron chi connectivity index (χ3n) is 3.38. The lowest BCUT2D eigenvalue weighted by Crippen LogP contribution is -2.56. The van der Waals surface area contributed by atoms with Crippen LogP contribution in [0, 0.1) is 0 Å². The molecule has 2 heterocycles. The summed E-state index contributed by atoms with van der Waals surface area (Å²) in [6.07, 6.45) is 4.09. The predicted molar refractivity (Wildman–Crippen MR) is 47.8 cm³/mol. The molecule has 2 bridgehead atoms. The highest BCUT2D eigenvalue weighted by Crippen LogP contribution is 2.35. The Labute approximate surface area is 73.3 Å². The molecule has 4 N–H and O–H groups in total. The number of hydrogen-bond donors (Lipinski definition) is 3. The van der Waals surface area contributed by atoms with Crippen LogP contribution < -0.4 is 11.1 Å². The Balaban J connectivity index is 2.10. The number of piperidine rings is 1. The minimum atomic E-state index is -0.600. The van der Waals surface area contributed by atoms with Gasteiger partial charge in [-0.05, 0) is 32.6 Å². The first-order valence-electron chi connectivity index (χ1n) is 4.84. The highest BCUT2D eigenvalue weighted by Gasteiger charge is 2.44. The maximum atomic E-state index is 10.2. The second-order valence-electron chi connectivity index (χ2n) is 4.44. The van der Waals surface area contributed by atoms with Gasteiger partial charge in [0.15, 0.2) is 0 Å². The zero-order chi connectivity index (χ0) is 8.77. The van der Waals surface area contributed by atoms with Crippen LogP contribution in [0.2, 0.25) is 0 Å². The molecule has 2 fully saturated rings. The highest BCUT2D eigenvalue weighted by molar-refractivity contribution is 5.03. The highest BCUT2D eigenvalue weighted by atomic mass is 16.3. The van der Waals surface area contributed by atoms with E-state index < -0.39 is 5.60 Å². The van der Waals surface area contributed by atoms with Crippen molar-refractivity contribution in [1.29, 1.82) is 0 Å². The Morgan fingerprint density at radius 2 is 1.92 bits per heavy atom.